The summed E-state index contributed by atoms with van der Waals surface area (Å²) in [6.07, 6.45) is -4.41. The van der Waals surface area contributed by atoms with E-state index in [1.165, 1.54) is 6.07 Å². The van der Waals surface area contributed by atoms with Gasteiger partial charge in [0.15, 0.2) is 6.04 Å². The summed E-state index contributed by atoms with van der Waals surface area (Å²) in [6, 6.07) is 8.64. The second-order valence-corrected chi connectivity index (χ2v) is 6.41. The second kappa shape index (κ2) is 6.09. The van der Waals surface area contributed by atoms with E-state index in [2.05, 4.69) is 5.43 Å². The highest BCUT2D eigenvalue weighted by molar-refractivity contribution is 5.87. The number of hydrazine groups is 1. The molecule has 1 fully saturated rings. The van der Waals surface area contributed by atoms with Gasteiger partial charge in [0.2, 0.25) is 5.91 Å². The van der Waals surface area contributed by atoms with Crippen LogP contribution < -0.4 is 5.43 Å². The molecule has 128 valence electrons. The van der Waals surface area contributed by atoms with E-state index in [-0.39, 0.29) is 24.4 Å². The maximum atomic E-state index is 13.7. The topological polar surface area (TPSA) is 32.3 Å². The molecule has 6 heteroatoms. The molecule has 1 saturated heterocycles. The fourth-order valence-corrected chi connectivity index (χ4v) is 3.13. The van der Waals surface area contributed by atoms with E-state index < -0.39 is 12.2 Å². The third kappa shape index (κ3) is 3.11. The number of halogens is 3. The number of carbonyl (C=O) groups is 1. The van der Waals surface area contributed by atoms with E-state index in [0.717, 1.165) is 16.0 Å². The molecule has 0 saturated carbocycles. The highest BCUT2D eigenvalue weighted by Crippen LogP contribution is 2.41. The first-order chi connectivity index (χ1) is 11.3. The minimum Gasteiger partial charge on any atom is -0.288 e. The lowest BCUT2D eigenvalue weighted by Gasteiger charge is -2.30. The first-order valence-electron chi connectivity index (χ1n) is 7.93. The third-order valence-corrected chi connectivity index (χ3v) is 4.37. The van der Waals surface area contributed by atoms with Crippen molar-refractivity contribution in [3.63, 3.8) is 0 Å². The number of alkyl halides is 3. The lowest BCUT2D eigenvalue weighted by molar-refractivity contribution is -0.190. The van der Waals surface area contributed by atoms with Gasteiger partial charge < -0.3 is 0 Å². The fourth-order valence-electron chi connectivity index (χ4n) is 3.13. The second-order valence-electron chi connectivity index (χ2n) is 6.41. The lowest BCUT2D eigenvalue weighted by Crippen LogP contribution is -2.43. The predicted molar refractivity (Wildman–Crippen MR) is 86.3 cm³/mol. The molecule has 1 aliphatic heterocycles. The third-order valence-electron chi connectivity index (χ3n) is 4.37. The Kier molecular flexibility index (Phi) is 4.25. The van der Waals surface area contributed by atoms with Crippen LogP contribution >= 0.6 is 0 Å². The van der Waals surface area contributed by atoms with Gasteiger partial charge in [-0.15, -0.1) is 0 Å². The van der Waals surface area contributed by atoms with Gasteiger partial charge in [-0.25, -0.2) is 5.01 Å². The van der Waals surface area contributed by atoms with Crippen LogP contribution in [0.25, 0.3) is 10.8 Å². The number of hydrogen-bond acceptors (Lipinski definition) is 2. The molecule has 0 bridgehead atoms. The van der Waals surface area contributed by atoms with E-state index in [1.54, 1.807) is 12.1 Å². The van der Waals surface area contributed by atoms with Gasteiger partial charge in [0.1, 0.15) is 0 Å². The molecule has 0 aromatic heterocycles. The van der Waals surface area contributed by atoms with Crippen molar-refractivity contribution in [3.05, 3.63) is 47.5 Å². The molecule has 0 radical (unpaired) electrons. The van der Waals surface area contributed by atoms with Crippen LogP contribution in [0, 0.1) is 0 Å². The molecule has 3 rings (SSSR count). The van der Waals surface area contributed by atoms with Crippen molar-refractivity contribution in [2.45, 2.75) is 38.4 Å². The quantitative estimate of drug-likeness (QED) is 0.906. The Morgan fingerprint density at radius 2 is 1.92 bits per heavy atom. The Balaban J connectivity index is 2.12. The number of benzene rings is 2. The van der Waals surface area contributed by atoms with Gasteiger partial charge in [-0.2, -0.15) is 13.2 Å². The number of carbonyl (C=O) groups excluding carboxylic acids is 1. The molecule has 3 nitrogen and oxygen atoms in total. The molecular formula is C18H19F3N2O. The van der Waals surface area contributed by atoms with Gasteiger partial charge in [-0.1, -0.05) is 50.2 Å². The summed E-state index contributed by atoms with van der Waals surface area (Å²) in [6.45, 7) is 4.13. The fraction of sp³-hybridized carbons (Fsp3) is 0.389. The monoisotopic (exact) mass is 336 g/mol. The zero-order valence-electron chi connectivity index (χ0n) is 13.5. The van der Waals surface area contributed by atoms with Gasteiger partial charge in [0.05, 0.1) is 0 Å². The summed E-state index contributed by atoms with van der Waals surface area (Å²) in [5.41, 5.74) is 3.57. The predicted octanol–water partition coefficient (Wildman–Crippen LogP) is 4.30. The van der Waals surface area contributed by atoms with Crippen LogP contribution in [0.4, 0.5) is 13.2 Å². The van der Waals surface area contributed by atoms with Crippen molar-refractivity contribution in [2.24, 2.45) is 0 Å². The molecule has 0 spiro atoms. The Hall–Kier alpha value is -2.08. The van der Waals surface area contributed by atoms with Crippen molar-refractivity contribution < 1.29 is 18.0 Å². The summed E-state index contributed by atoms with van der Waals surface area (Å²) >= 11 is 0. The molecular weight excluding hydrogens is 317 g/mol. The summed E-state index contributed by atoms with van der Waals surface area (Å²) in [5, 5.41) is 2.33. The van der Waals surface area contributed by atoms with Crippen LogP contribution in [0.5, 0.6) is 0 Å². The number of nitrogens with zero attached hydrogens (tertiary/aromatic N) is 1. The highest BCUT2D eigenvalue weighted by Gasteiger charge is 2.47. The molecule has 2 aromatic carbocycles. The van der Waals surface area contributed by atoms with E-state index in [0.29, 0.717) is 11.3 Å². The molecule has 1 N–H and O–H groups in total. The minimum atomic E-state index is -4.48. The largest absolute Gasteiger partial charge is 0.409 e. The van der Waals surface area contributed by atoms with Crippen molar-refractivity contribution >= 4 is 16.7 Å². The Labute approximate surface area is 138 Å². The minimum absolute atomic E-state index is 0.0451. The first kappa shape index (κ1) is 16.8. The molecule has 24 heavy (non-hydrogen) atoms. The number of nitrogens with one attached hydrogen (secondary N) is 1. The van der Waals surface area contributed by atoms with Crippen molar-refractivity contribution in [2.75, 3.05) is 6.54 Å². The first-order valence-corrected chi connectivity index (χ1v) is 7.93. The average molecular weight is 336 g/mol. The Morgan fingerprint density at radius 3 is 2.50 bits per heavy atom. The smallest absolute Gasteiger partial charge is 0.288 e. The van der Waals surface area contributed by atoms with Gasteiger partial charge in [-0.3, -0.25) is 10.2 Å². The zero-order chi connectivity index (χ0) is 17.5. The Bertz CT molecular complexity index is 770. The molecule has 0 unspecified atom stereocenters. The molecule has 2 aromatic rings. The summed E-state index contributed by atoms with van der Waals surface area (Å²) in [7, 11) is 0. The molecule has 1 heterocycles. The summed E-state index contributed by atoms with van der Waals surface area (Å²) < 4.78 is 41.2. The highest BCUT2D eigenvalue weighted by atomic mass is 19.4. The van der Waals surface area contributed by atoms with Gasteiger partial charge in [0.25, 0.3) is 0 Å². The SMILES string of the molecule is CC(C)c1ccc2c([C@H](N3CCC(=O)N3)C(F)(F)F)cccc2c1. The molecule has 1 atom stereocenters. The van der Waals surface area contributed by atoms with Crippen molar-refractivity contribution in [3.8, 4) is 0 Å². The molecule has 1 amide bonds. The van der Waals surface area contributed by atoms with Gasteiger partial charge in [0, 0.05) is 13.0 Å². The lowest BCUT2D eigenvalue weighted by atomic mass is 9.94. The van der Waals surface area contributed by atoms with E-state index in [9.17, 15) is 18.0 Å². The zero-order valence-corrected chi connectivity index (χ0v) is 13.5. The van der Waals surface area contributed by atoms with E-state index >= 15 is 0 Å². The normalized spacial score (nSPS) is 17.5. The Morgan fingerprint density at radius 1 is 1.17 bits per heavy atom. The van der Waals surface area contributed by atoms with E-state index in [4.69, 9.17) is 0 Å². The van der Waals surface area contributed by atoms with Crippen LogP contribution in [0.2, 0.25) is 0 Å². The summed E-state index contributed by atoms with van der Waals surface area (Å²) in [4.78, 5) is 11.4. The average Bonchev–Trinajstić information content (AvgIpc) is 2.91. The molecule has 1 aliphatic rings. The van der Waals surface area contributed by atoms with Crippen LogP contribution in [-0.4, -0.2) is 23.6 Å². The standard InChI is InChI=1S/C18H19F3N2O/c1-11(2)12-6-7-14-13(10-12)4-3-5-15(14)17(18(19,20)21)23-9-8-16(24)22-23/h3-7,10-11,17H,8-9H2,1-2H3,(H,22,24)/t17-/m0/s1. The van der Waals surface area contributed by atoms with Crippen molar-refractivity contribution in [1.29, 1.82) is 0 Å². The van der Waals surface area contributed by atoms with Crippen LogP contribution in [0.1, 0.15) is 43.4 Å². The number of amides is 1. The van der Waals surface area contributed by atoms with Crippen LogP contribution in [0.3, 0.4) is 0 Å². The number of rotatable bonds is 3. The molecule has 0 aliphatic carbocycles. The van der Waals surface area contributed by atoms with Gasteiger partial charge in [-0.05, 0) is 27.8 Å². The van der Waals surface area contributed by atoms with Crippen LogP contribution in [0.15, 0.2) is 36.4 Å². The summed E-state index contributed by atoms with van der Waals surface area (Å²) in [5.74, 6) is -0.0825. The van der Waals surface area contributed by atoms with E-state index in [1.807, 2.05) is 32.0 Å². The van der Waals surface area contributed by atoms with Crippen LogP contribution in [-0.2, 0) is 4.79 Å². The maximum Gasteiger partial charge on any atom is 0.409 e. The number of hydrogen-bond donors (Lipinski definition) is 1. The maximum absolute atomic E-state index is 13.7. The number of fused-ring (bicyclic) bond motifs is 1. The van der Waals surface area contributed by atoms with Gasteiger partial charge >= 0.3 is 6.18 Å². The van der Waals surface area contributed by atoms with Crippen molar-refractivity contribution in [1.82, 2.24) is 10.4 Å².